The topological polar surface area (TPSA) is 75.9 Å². The van der Waals surface area contributed by atoms with Crippen molar-refractivity contribution in [2.75, 3.05) is 31.2 Å². The monoisotopic (exact) mass is 352 g/mol. The van der Waals surface area contributed by atoms with Gasteiger partial charge in [0, 0.05) is 31.1 Å². The first-order valence-corrected chi connectivity index (χ1v) is 9.62. The molecule has 3 heterocycles. The Morgan fingerprint density at radius 3 is 3.09 bits per heavy atom. The minimum atomic E-state index is -0.0108. The van der Waals surface area contributed by atoms with Gasteiger partial charge in [-0.2, -0.15) is 0 Å². The Labute approximate surface area is 143 Å². The van der Waals surface area contributed by atoms with Crippen LogP contribution < -0.4 is 5.32 Å². The summed E-state index contributed by atoms with van der Waals surface area (Å²) in [5, 5.41) is 14.8. The fourth-order valence-corrected chi connectivity index (χ4v) is 3.95. The van der Waals surface area contributed by atoms with Gasteiger partial charge in [0.15, 0.2) is 10.3 Å². The molecule has 7 nitrogen and oxygen atoms in total. The van der Waals surface area contributed by atoms with Crippen molar-refractivity contribution in [1.82, 2.24) is 24.6 Å². The molecule has 1 aliphatic heterocycles. The zero-order chi connectivity index (χ0) is 16.2. The molecule has 1 N–H and O–H groups in total. The Kier molecular flexibility index (Phi) is 5.29. The molecule has 1 aliphatic rings. The molecule has 1 saturated heterocycles. The number of hydrogen-bond donors (Lipinski definition) is 1. The molecule has 0 aromatic carbocycles. The Morgan fingerprint density at radius 1 is 1.52 bits per heavy atom. The molecule has 1 amide bonds. The lowest BCUT2D eigenvalue weighted by molar-refractivity contribution is -0.117. The third-order valence-corrected chi connectivity index (χ3v) is 5.38. The van der Waals surface area contributed by atoms with Gasteiger partial charge in [0.2, 0.25) is 5.91 Å². The predicted molar refractivity (Wildman–Crippen MR) is 91.9 cm³/mol. The van der Waals surface area contributed by atoms with Gasteiger partial charge >= 0.3 is 0 Å². The first-order chi connectivity index (χ1) is 11.2. The number of carbonyl (C=O) groups excluding carboxylic acids is 1. The number of nitrogens with zero attached hydrogens (tertiary/aromatic N) is 5. The van der Waals surface area contributed by atoms with Gasteiger partial charge in [-0.3, -0.25) is 9.69 Å². The quantitative estimate of drug-likeness (QED) is 0.827. The molecule has 2 aromatic rings. The summed E-state index contributed by atoms with van der Waals surface area (Å²) in [6.07, 6.45) is 5.85. The zero-order valence-electron chi connectivity index (χ0n) is 13.2. The highest BCUT2D eigenvalue weighted by Crippen LogP contribution is 2.27. The Hall–Kier alpha value is -1.45. The van der Waals surface area contributed by atoms with Crippen molar-refractivity contribution in [3.63, 3.8) is 0 Å². The highest BCUT2D eigenvalue weighted by Gasteiger charge is 2.26. The molecule has 124 valence electrons. The second kappa shape index (κ2) is 7.41. The average molecular weight is 352 g/mol. The maximum Gasteiger partial charge on any atom is 0.240 e. The van der Waals surface area contributed by atoms with E-state index in [9.17, 15) is 4.79 Å². The SMILES string of the molecule is CSc1nnc(C2CCCN(CC(=O)Nc3nccs3)C2)n1C. The third kappa shape index (κ3) is 3.91. The van der Waals surface area contributed by atoms with Crippen LogP contribution in [0.5, 0.6) is 0 Å². The van der Waals surface area contributed by atoms with Crippen molar-refractivity contribution in [2.24, 2.45) is 7.05 Å². The second-order valence-electron chi connectivity index (χ2n) is 5.56. The van der Waals surface area contributed by atoms with E-state index < -0.39 is 0 Å². The van der Waals surface area contributed by atoms with Crippen LogP contribution in [0.2, 0.25) is 0 Å². The number of carbonyl (C=O) groups is 1. The minimum absolute atomic E-state index is 0.0108. The molecule has 0 spiro atoms. The number of amides is 1. The standard InChI is InChI=1S/C14H20N6OS2/c1-19-12(17-18-14(19)22-2)10-4-3-6-20(8-10)9-11(21)16-13-15-5-7-23-13/h5,7,10H,3-4,6,8-9H2,1-2H3,(H,15,16,21). The molecule has 23 heavy (non-hydrogen) atoms. The number of piperidine rings is 1. The zero-order valence-corrected chi connectivity index (χ0v) is 14.9. The lowest BCUT2D eigenvalue weighted by atomic mass is 9.97. The first-order valence-electron chi connectivity index (χ1n) is 7.52. The number of aromatic nitrogens is 4. The van der Waals surface area contributed by atoms with Crippen LogP contribution in [0.3, 0.4) is 0 Å². The fourth-order valence-electron chi connectivity index (χ4n) is 2.92. The summed E-state index contributed by atoms with van der Waals surface area (Å²) in [5.41, 5.74) is 0. The fraction of sp³-hybridized carbons (Fsp3) is 0.571. The molecule has 9 heteroatoms. The maximum absolute atomic E-state index is 12.1. The number of thioether (sulfide) groups is 1. The molecule has 2 aromatic heterocycles. The van der Waals surface area contributed by atoms with Crippen LogP contribution in [-0.4, -0.2) is 56.4 Å². The van der Waals surface area contributed by atoms with Gasteiger partial charge < -0.3 is 9.88 Å². The van der Waals surface area contributed by atoms with E-state index in [4.69, 9.17) is 0 Å². The second-order valence-corrected chi connectivity index (χ2v) is 7.23. The van der Waals surface area contributed by atoms with E-state index in [1.54, 1.807) is 18.0 Å². The van der Waals surface area contributed by atoms with Gasteiger partial charge in [0.25, 0.3) is 0 Å². The number of anilines is 1. The summed E-state index contributed by atoms with van der Waals surface area (Å²) in [7, 11) is 2.01. The van der Waals surface area contributed by atoms with E-state index in [1.165, 1.54) is 11.3 Å². The van der Waals surface area contributed by atoms with Crippen LogP contribution in [0, 0.1) is 0 Å². The maximum atomic E-state index is 12.1. The van der Waals surface area contributed by atoms with Gasteiger partial charge in [-0.05, 0) is 25.6 Å². The van der Waals surface area contributed by atoms with Crippen LogP contribution in [0.1, 0.15) is 24.6 Å². The van der Waals surface area contributed by atoms with Gasteiger partial charge in [0.05, 0.1) is 6.54 Å². The van der Waals surface area contributed by atoms with Crippen LogP contribution in [0.15, 0.2) is 16.7 Å². The molecule has 0 radical (unpaired) electrons. The summed E-state index contributed by atoms with van der Waals surface area (Å²) in [6.45, 7) is 2.17. The van der Waals surface area contributed by atoms with E-state index in [2.05, 4.69) is 30.0 Å². The van der Waals surface area contributed by atoms with Crippen molar-refractivity contribution in [2.45, 2.75) is 23.9 Å². The smallest absolute Gasteiger partial charge is 0.240 e. The van der Waals surface area contributed by atoms with E-state index >= 15 is 0 Å². The predicted octanol–water partition coefficient (Wildman–Crippen LogP) is 1.81. The summed E-state index contributed by atoms with van der Waals surface area (Å²) < 4.78 is 2.06. The number of thiazole rings is 1. The van der Waals surface area contributed by atoms with Crippen LogP contribution in [-0.2, 0) is 11.8 Å². The Balaban J connectivity index is 1.59. The number of nitrogens with one attached hydrogen (secondary N) is 1. The number of likely N-dealkylation sites (tertiary alicyclic amines) is 1. The number of rotatable bonds is 5. The molecule has 0 saturated carbocycles. The van der Waals surface area contributed by atoms with Crippen LogP contribution in [0.4, 0.5) is 5.13 Å². The van der Waals surface area contributed by atoms with Gasteiger partial charge in [-0.1, -0.05) is 11.8 Å². The Bertz CT molecular complexity index is 656. The van der Waals surface area contributed by atoms with Crippen LogP contribution in [0.25, 0.3) is 0 Å². The summed E-state index contributed by atoms with van der Waals surface area (Å²) >= 11 is 3.03. The summed E-state index contributed by atoms with van der Waals surface area (Å²) in [5.74, 6) is 1.33. The highest BCUT2D eigenvalue weighted by molar-refractivity contribution is 7.98. The molecule has 0 bridgehead atoms. The van der Waals surface area contributed by atoms with Gasteiger partial charge in [-0.15, -0.1) is 21.5 Å². The Morgan fingerprint density at radius 2 is 2.39 bits per heavy atom. The van der Waals surface area contributed by atoms with E-state index in [0.29, 0.717) is 17.6 Å². The molecule has 0 aliphatic carbocycles. The van der Waals surface area contributed by atoms with Crippen molar-refractivity contribution in [3.8, 4) is 0 Å². The van der Waals surface area contributed by atoms with Crippen molar-refractivity contribution in [3.05, 3.63) is 17.4 Å². The van der Waals surface area contributed by atoms with Crippen molar-refractivity contribution >= 4 is 34.1 Å². The number of hydrogen-bond acceptors (Lipinski definition) is 7. The molecule has 3 rings (SSSR count). The van der Waals surface area contributed by atoms with Crippen molar-refractivity contribution < 1.29 is 4.79 Å². The van der Waals surface area contributed by atoms with E-state index in [1.807, 2.05) is 18.7 Å². The molecular weight excluding hydrogens is 332 g/mol. The minimum Gasteiger partial charge on any atom is -0.309 e. The normalized spacial score (nSPS) is 19.0. The molecular formula is C14H20N6OS2. The van der Waals surface area contributed by atoms with Gasteiger partial charge in [-0.25, -0.2) is 4.98 Å². The van der Waals surface area contributed by atoms with Crippen LogP contribution >= 0.6 is 23.1 Å². The highest BCUT2D eigenvalue weighted by atomic mass is 32.2. The molecule has 1 unspecified atom stereocenters. The lowest BCUT2D eigenvalue weighted by Gasteiger charge is -2.31. The first kappa shape index (κ1) is 16.4. The molecule has 1 atom stereocenters. The van der Waals surface area contributed by atoms with Gasteiger partial charge in [0.1, 0.15) is 5.82 Å². The third-order valence-electron chi connectivity index (χ3n) is 3.97. The lowest BCUT2D eigenvalue weighted by Crippen LogP contribution is -2.40. The van der Waals surface area contributed by atoms with E-state index in [-0.39, 0.29) is 5.91 Å². The summed E-state index contributed by atoms with van der Waals surface area (Å²) in [4.78, 5) is 18.4. The molecule has 1 fully saturated rings. The van der Waals surface area contributed by atoms with E-state index in [0.717, 1.165) is 36.9 Å². The van der Waals surface area contributed by atoms with Crippen molar-refractivity contribution in [1.29, 1.82) is 0 Å². The average Bonchev–Trinajstić information content (AvgIpc) is 3.16. The largest absolute Gasteiger partial charge is 0.309 e. The summed E-state index contributed by atoms with van der Waals surface area (Å²) in [6, 6.07) is 0.